The molecule has 0 bridgehead atoms. The molecule has 0 aliphatic carbocycles. The first-order chi connectivity index (χ1) is 25.0. The van der Waals surface area contributed by atoms with Crippen LogP contribution in [0.5, 0.6) is 0 Å². The van der Waals surface area contributed by atoms with E-state index in [1.807, 2.05) is 44.2 Å². The third-order valence-electron chi connectivity index (χ3n) is 10.7. The summed E-state index contributed by atoms with van der Waals surface area (Å²) >= 11 is 0. The maximum Gasteiger partial charge on any atom is 0.329 e. The van der Waals surface area contributed by atoms with Gasteiger partial charge in [-0.25, -0.2) is 9.59 Å². The van der Waals surface area contributed by atoms with Gasteiger partial charge in [0, 0.05) is 33.5 Å². The Morgan fingerprint density at radius 3 is 2.13 bits per heavy atom. The zero-order valence-electron chi connectivity index (χ0n) is 33.0. The highest BCUT2D eigenvalue weighted by molar-refractivity contribution is 5.95. The molecule has 1 aromatic rings. The Morgan fingerprint density at radius 2 is 1.55 bits per heavy atom. The Morgan fingerprint density at radius 1 is 0.887 bits per heavy atom. The van der Waals surface area contributed by atoms with Gasteiger partial charge in [0.2, 0.25) is 17.7 Å². The van der Waals surface area contributed by atoms with Gasteiger partial charge in [-0.15, -0.1) is 12.3 Å². The van der Waals surface area contributed by atoms with Crippen LogP contribution in [0.25, 0.3) is 0 Å². The number of fused-ring (bicyclic) bond motifs is 1. The Bertz CT molecular complexity index is 1490. The number of ether oxygens (including phenoxy) is 2. The molecule has 0 spiro atoms. The van der Waals surface area contributed by atoms with Gasteiger partial charge in [-0.3, -0.25) is 19.2 Å². The highest BCUT2D eigenvalue weighted by Gasteiger charge is 2.45. The Hall–Kier alpha value is -4.40. The van der Waals surface area contributed by atoms with E-state index in [1.54, 1.807) is 34.6 Å². The molecule has 2 fully saturated rings. The van der Waals surface area contributed by atoms with Gasteiger partial charge >= 0.3 is 11.9 Å². The molecule has 8 atom stereocenters. The first-order valence-electron chi connectivity index (χ1n) is 19.1. The van der Waals surface area contributed by atoms with E-state index >= 15 is 0 Å². The number of carbonyl (C=O) groups is 6. The highest BCUT2D eigenvalue weighted by atomic mass is 16.6. The van der Waals surface area contributed by atoms with Gasteiger partial charge in [-0.1, -0.05) is 85.2 Å². The fraction of sp³-hybridized carbons (Fsp3) is 0.659. The second-order valence-corrected chi connectivity index (χ2v) is 15.3. The van der Waals surface area contributed by atoms with Crippen LogP contribution in [0, 0.1) is 36.0 Å². The van der Waals surface area contributed by atoms with Gasteiger partial charge in [0.1, 0.15) is 30.3 Å². The van der Waals surface area contributed by atoms with Crippen molar-refractivity contribution in [2.24, 2.45) is 23.7 Å². The predicted molar refractivity (Wildman–Crippen MR) is 201 cm³/mol. The van der Waals surface area contributed by atoms with Gasteiger partial charge < -0.3 is 29.5 Å². The minimum Gasteiger partial charge on any atom is -0.460 e. The van der Waals surface area contributed by atoms with Crippen LogP contribution in [0.1, 0.15) is 92.6 Å². The minimum absolute atomic E-state index is 0.0932. The normalized spacial score (nSPS) is 27.7. The lowest BCUT2D eigenvalue weighted by Crippen LogP contribution is -2.57. The maximum absolute atomic E-state index is 14.3. The molecule has 292 valence electrons. The molecule has 2 saturated heterocycles. The summed E-state index contributed by atoms with van der Waals surface area (Å²) in [6.07, 6.45) is 6.07. The van der Waals surface area contributed by atoms with Gasteiger partial charge in [0.15, 0.2) is 6.10 Å². The molecule has 2 heterocycles. The van der Waals surface area contributed by atoms with E-state index in [2.05, 4.69) is 11.2 Å². The number of hydrogen-bond donors (Lipinski definition) is 1. The zero-order chi connectivity index (χ0) is 39.6. The number of likely N-dealkylation sites (N-methyl/N-ethyl adjacent to an activating group) is 2. The van der Waals surface area contributed by atoms with Crippen molar-refractivity contribution in [2.45, 2.75) is 130 Å². The number of carbonyl (C=O) groups excluding carboxylic acids is 6. The van der Waals surface area contributed by atoms with Crippen LogP contribution in [0.4, 0.5) is 0 Å². The van der Waals surface area contributed by atoms with Crippen LogP contribution >= 0.6 is 0 Å². The van der Waals surface area contributed by atoms with E-state index in [0.717, 1.165) is 5.56 Å². The van der Waals surface area contributed by atoms with E-state index in [9.17, 15) is 28.8 Å². The molecular weight excluding hydrogens is 676 g/mol. The first kappa shape index (κ1) is 43.0. The molecule has 2 aliphatic rings. The molecule has 53 heavy (non-hydrogen) atoms. The lowest BCUT2D eigenvalue weighted by Gasteiger charge is -2.37. The smallest absolute Gasteiger partial charge is 0.329 e. The molecule has 12 heteroatoms. The van der Waals surface area contributed by atoms with Crippen molar-refractivity contribution in [1.82, 2.24) is 20.0 Å². The molecule has 0 saturated carbocycles. The number of amides is 4. The van der Waals surface area contributed by atoms with Crippen molar-refractivity contribution in [2.75, 3.05) is 20.6 Å². The van der Waals surface area contributed by atoms with Crippen LogP contribution in [0.3, 0.4) is 0 Å². The van der Waals surface area contributed by atoms with Crippen molar-refractivity contribution < 1.29 is 38.2 Å². The summed E-state index contributed by atoms with van der Waals surface area (Å²) in [5.74, 6) is -2.90. The monoisotopic (exact) mass is 736 g/mol. The fourth-order valence-corrected chi connectivity index (χ4v) is 7.08. The summed E-state index contributed by atoms with van der Waals surface area (Å²) in [5.41, 5.74) is 0.763. The molecule has 3 rings (SSSR count). The summed E-state index contributed by atoms with van der Waals surface area (Å²) in [6, 6.07) is 5.07. The van der Waals surface area contributed by atoms with Crippen LogP contribution < -0.4 is 5.32 Å². The second-order valence-electron chi connectivity index (χ2n) is 15.3. The lowest BCUT2D eigenvalue weighted by molar-refractivity contribution is -0.171. The van der Waals surface area contributed by atoms with Crippen LogP contribution in [-0.2, 0) is 44.7 Å². The van der Waals surface area contributed by atoms with Crippen molar-refractivity contribution in [3.05, 3.63) is 35.9 Å². The third-order valence-corrected chi connectivity index (χ3v) is 10.7. The number of nitrogens with zero attached hydrogens (tertiary/aromatic N) is 3. The SMILES string of the molecule is C#CCCCC1OC(=O)[C@H](C(C)CC)N(C)C(=O)C2CCCN2C(=O)[C@H](C(C)C)OC(=O)[C@H](Cc2ccccc2)N(C)C(=O)[C@H](C(C)C)NC(=O)C1C. The number of unbranched alkanes of at least 4 members (excludes halogenated alkanes) is 1. The summed E-state index contributed by atoms with van der Waals surface area (Å²) in [4.78, 5) is 89.2. The second kappa shape index (κ2) is 19.6. The minimum atomic E-state index is -1.24. The number of benzene rings is 1. The Kier molecular flexibility index (Phi) is 15.9. The molecular formula is C41H60N4O8. The number of rotatable bonds is 9. The molecule has 1 N–H and O–H groups in total. The van der Waals surface area contributed by atoms with E-state index in [-0.39, 0.29) is 25.3 Å². The molecule has 4 unspecified atom stereocenters. The number of esters is 2. The van der Waals surface area contributed by atoms with Crippen molar-refractivity contribution >= 4 is 35.6 Å². The van der Waals surface area contributed by atoms with Gasteiger partial charge in [0.25, 0.3) is 5.91 Å². The molecule has 4 amide bonds. The maximum atomic E-state index is 14.3. The molecule has 0 radical (unpaired) electrons. The largest absolute Gasteiger partial charge is 0.460 e. The summed E-state index contributed by atoms with van der Waals surface area (Å²) in [7, 11) is 3.03. The Labute approximate surface area is 315 Å². The first-order valence-corrected chi connectivity index (χ1v) is 19.1. The van der Waals surface area contributed by atoms with Gasteiger partial charge in [0.05, 0.1) is 5.92 Å². The molecule has 1 aromatic carbocycles. The van der Waals surface area contributed by atoms with Crippen LogP contribution in [0.2, 0.25) is 0 Å². The van der Waals surface area contributed by atoms with Crippen LogP contribution in [-0.4, -0.2) is 107 Å². The predicted octanol–water partition coefficient (Wildman–Crippen LogP) is 3.99. The van der Waals surface area contributed by atoms with Gasteiger partial charge in [-0.05, 0) is 49.0 Å². The quantitative estimate of drug-likeness (QED) is 0.228. The topological polar surface area (TPSA) is 143 Å². The number of cyclic esters (lactones) is 2. The van der Waals surface area contributed by atoms with Crippen LogP contribution in [0.15, 0.2) is 30.3 Å². The highest BCUT2D eigenvalue weighted by Crippen LogP contribution is 2.28. The summed E-state index contributed by atoms with van der Waals surface area (Å²) < 4.78 is 12.1. The summed E-state index contributed by atoms with van der Waals surface area (Å²) in [6.45, 7) is 12.7. The third kappa shape index (κ3) is 10.6. The fourth-order valence-electron chi connectivity index (χ4n) is 7.08. The average molecular weight is 737 g/mol. The standard InChI is InChI=1S/C41H60N4O8/c1-11-13-15-22-32-28(8)36(46)42-33(25(3)4)38(48)43(9)31(24-29-19-16-14-17-20-29)40(50)53-35(26(5)6)39(49)45-23-18-21-30(45)37(47)44(10)34(27(7)12-2)41(51)52-32/h1,14,16-17,19-20,25-28,30-35H,12-13,15,18,21-24H2,2-10H3,(H,42,46)/t27?,28?,30?,31-,32?,33-,34-,35-/m0/s1. The zero-order valence-corrected chi connectivity index (χ0v) is 33.0. The number of nitrogens with one attached hydrogen (secondary N) is 1. The number of hydrogen-bond acceptors (Lipinski definition) is 8. The molecule has 2 aliphatic heterocycles. The van der Waals surface area contributed by atoms with E-state index in [0.29, 0.717) is 32.1 Å². The number of terminal acetylenes is 1. The van der Waals surface area contributed by atoms with Crippen molar-refractivity contribution in [3.8, 4) is 12.3 Å². The summed E-state index contributed by atoms with van der Waals surface area (Å²) in [5, 5.41) is 2.88. The molecule has 0 aromatic heterocycles. The van der Waals surface area contributed by atoms with Crippen molar-refractivity contribution in [1.29, 1.82) is 0 Å². The van der Waals surface area contributed by atoms with E-state index < -0.39 is 89.7 Å². The van der Waals surface area contributed by atoms with E-state index in [4.69, 9.17) is 15.9 Å². The molecule has 12 nitrogen and oxygen atoms in total. The Balaban J connectivity index is 2.18. The van der Waals surface area contributed by atoms with E-state index in [1.165, 1.54) is 28.8 Å². The lowest BCUT2D eigenvalue weighted by atomic mass is 9.94. The van der Waals surface area contributed by atoms with Gasteiger partial charge in [-0.2, -0.15) is 0 Å². The van der Waals surface area contributed by atoms with Crippen molar-refractivity contribution in [3.63, 3.8) is 0 Å². The average Bonchev–Trinajstić information content (AvgIpc) is 3.63.